The molecule has 0 saturated carbocycles. The van der Waals surface area contributed by atoms with E-state index < -0.39 is 6.10 Å². The molecule has 94 valence electrons. The monoisotopic (exact) mass is 284 g/mol. The number of aliphatic hydroxyl groups excluding tert-OH is 1. The number of ether oxygens (including phenoxy) is 1. The zero-order valence-corrected chi connectivity index (χ0v) is 11.0. The second kappa shape index (κ2) is 5.52. The number of benzene rings is 1. The Morgan fingerprint density at radius 1 is 1.28 bits per heavy atom. The van der Waals surface area contributed by atoms with Gasteiger partial charge < -0.3 is 9.84 Å². The third-order valence-corrected chi connectivity index (χ3v) is 3.26. The minimum absolute atomic E-state index is 0.309. The van der Waals surface area contributed by atoms with Crippen LogP contribution < -0.4 is 4.74 Å². The standard InChI is InChI=1S/C12H10Cl2N2O2/c1-18-10-5-9(15-6-16-10)12(17)7-3-2-4-8(13)11(7)14/h2-6,12,17H,1H3. The summed E-state index contributed by atoms with van der Waals surface area (Å²) >= 11 is 11.9. The molecule has 0 fully saturated rings. The Balaban J connectivity index is 2.41. The Kier molecular flexibility index (Phi) is 4.01. The first-order valence-corrected chi connectivity index (χ1v) is 5.87. The van der Waals surface area contributed by atoms with E-state index in [1.54, 1.807) is 24.3 Å². The topological polar surface area (TPSA) is 55.2 Å². The van der Waals surface area contributed by atoms with Crippen LogP contribution in [0.5, 0.6) is 5.88 Å². The quantitative estimate of drug-likeness (QED) is 0.942. The molecule has 2 aromatic rings. The molecular formula is C12H10Cl2N2O2. The number of nitrogens with zero attached hydrogens (tertiary/aromatic N) is 2. The van der Waals surface area contributed by atoms with Crippen molar-refractivity contribution in [2.45, 2.75) is 6.10 Å². The maximum absolute atomic E-state index is 10.2. The van der Waals surface area contributed by atoms with Gasteiger partial charge >= 0.3 is 0 Å². The summed E-state index contributed by atoms with van der Waals surface area (Å²) in [5, 5.41) is 10.9. The largest absolute Gasteiger partial charge is 0.481 e. The predicted octanol–water partition coefficient (Wildman–Crippen LogP) is 2.87. The second-order valence-corrected chi connectivity index (χ2v) is 4.32. The highest BCUT2D eigenvalue weighted by atomic mass is 35.5. The van der Waals surface area contributed by atoms with E-state index in [2.05, 4.69) is 9.97 Å². The maximum atomic E-state index is 10.2. The van der Waals surface area contributed by atoms with Gasteiger partial charge in [-0.25, -0.2) is 9.97 Å². The Hall–Kier alpha value is -1.36. The van der Waals surface area contributed by atoms with Gasteiger partial charge in [-0.15, -0.1) is 0 Å². The first kappa shape index (κ1) is 13.1. The van der Waals surface area contributed by atoms with Crippen LogP contribution in [0.2, 0.25) is 10.0 Å². The van der Waals surface area contributed by atoms with Crippen molar-refractivity contribution in [1.29, 1.82) is 0 Å². The van der Waals surface area contributed by atoms with Gasteiger partial charge in [0.15, 0.2) is 0 Å². The lowest BCUT2D eigenvalue weighted by atomic mass is 10.1. The molecular weight excluding hydrogens is 275 g/mol. The van der Waals surface area contributed by atoms with Crippen molar-refractivity contribution in [3.8, 4) is 5.88 Å². The Morgan fingerprint density at radius 2 is 2.06 bits per heavy atom. The summed E-state index contributed by atoms with van der Waals surface area (Å²) in [6, 6.07) is 6.60. The van der Waals surface area contributed by atoms with Crippen molar-refractivity contribution >= 4 is 23.2 Å². The molecule has 0 aliphatic heterocycles. The molecule has 18 heavy (non-hydrogen) atoms. The van der Waals surface area contributed by atoms with E-state index in [-0.39, 0.29) is 0 Å². The predicted molar refractivity (Wildman–Crippen MR) is 69.1 cm³/mol. The van der Waals surface area contributed by atoms with Crippen LogP contribution in [0.25, 0.3) is 0 Å². The van der Waals surface area contributed by atoms with Gasteiger partial charge in [0.2, 0.25) is 5.88 Å². The van der Waals surface area contributed by atoms with Crippen molar-refractivity contribution in [2.75, 3.05) is 7.11 Å². The molecule has 6 heteroatoms. The molecule has 0 bridgehead atoms. The van der Waals surface area contributed by atoms with E-state index in [4.69, 9.17) is 27.9 Å². The summed E-state index contributed by atoms with van der Waals surface area (Å²) in [5.74, 6) is 0.372. The minimum atomic E-state index is -0.979. The van der Waals surface area contributed by atoms with Gasteiger partial charge in [-0.2, -0.15) is 0 Å². The highest BCUT2D eigenvalue weighted by Gasteiger charge is 2.17. The van der Waals surface area contributed by atoms with Gasteiger partial charge in [-0.3, -0.25) is 0 Å². The second-order valence-electron chi connectivity index (χ2n) is 3.53. The minimum Gasteiger partial charge on any atom is -0.481 e. The summed E-state index contributed by atoms with van der Waals surface area (Å²) < 4.78 is 4.97. The third kappa shape index (κ3) is 2.56. The summed E-state index contributed by atoms with van der Waals surface area (Å²) in [6.45, 7) is 0. The Morgan fingerprint density at radius 3 is 2.78 bits per heavy atom. The fraction of sp³-hybridized carbons (Fsp3) is 0.167. The lowest BCUT2D eigenvalue weighted by Crippen LogP contribution is -2.04. The molecule has 1 heterocycles. The van der Waals surface area contributed by atoms with Crippen LogP contribution in [0, 0.1) is 0 Å². The van der Waals surface area contributed by atoms with Crippen LogP contribution in [0.15, 0.2) is 30.6 Å². The number of aliphatic hydroxyl groups is 1. The number of methoxy groups -OCH3 is 1. The summed E-state index contributed by atoms with van der Waals surface area (Å²) in [7, 11) is 1.49. The molecule has 1 aromatic carbocycles. The molecule has 0 aliphatic carbocycles. The number of hydrogen-bond donors (Lipinski definition) is 1. The average molecular weight is 285 g/mol. The van der Waals surface area contributed by atoms with Gasteiger partial charge in [-0.05, 0) is 6.07 Å². The highest BCUT2D eigenvalue weighted by molar-refractivity contribution is 6.42. The first-order valence-electron chi connectivity index (χ1n) is 5.11. The van der Waals surface area contributed by atoms with Crippen molar-refractivity contribution < 1.29 is 9.84 Å². The van der Waals surface area contributed by atoms with Crippen LogP contribution in [0.3, 0.4) is 0 Å². The molecule has 1 atom stereocenters. The van der Waals surface area contributed by atoms with Gasteiger partial charge in [0.25, 0.3) is 0 Å². The molecule has 2 rings (SSSR count). The normalized spacial score (nSPS) is 12.2. The van der Waals surface area contributed by atoms with Crippen molar-refractivity contribution in [2.24, 2.45) is 0 Å². The average Bonchev–Trinajstić information content (AvgIpc) is 2.41. The van der Waals surface area contributed by atoms with Gasteiger partial charge in [-0.1, -0.05) is 35.3 Å². The molecule has 1 unspecified atom stereocenters. The van der Waals surface area contributed by atoms with Crippen molar-refractivity contribution in [1.82, 2.24) is 9.97 Å². The zero-order valence-electron chi connectivity index (χ0n) is 9.47. The summed E-state index contributed by atoms with van der Waals surface area (Å²) in [5.41, 5.74) is 0.885. The number of aromatic nitrogens is 2. The van der Waals surface area contributed by atoms with Crippen LogP contribution in [-0.2, 0) is 0 Å². The molecule has 0 amide bonds. The smallest absolute Gasteiger partial charge is 0.216 e. The van der Waals surface area contributed by atoms with E-state index in [1.807, 2.05) is 0 Å². The Labute approximate surface area is 114 Å². The van der Waals surface area contributed by atoms with Crippen LogP contribution >= 0.6 is 23.2 Å². The fourth-order valence-electron chi connectivity index (χ4n) is 1.51. The lowest BCUT2D eigenvalue weighted by Gasteiger charge is -2.13. The molecule has 0 radical (unpaired) electrons. The van der Waals surface area contributed by atoms with E-state index in [0.29, 0.717) is 27.2 Å². The van der Waals surface area contributed by atoms with Gasteiger partial charge in [0.05, 0.1) is 22.8 Å². The molecule has 1 N–H and O–H groups in total. The van der Waals surface area contributed by atoms with Crippen LogP contribution in [-0.4, -0.2) is 22.2 Å². The van der Waals surface area contributed by atoms with Crippen LogP contribution in [0.1, 0.15) is 17.4 Å². The molecule has 0 saturated heterocycles. The first-order chi connectivity index (χ1) is 8.63. The SMILES string of the molecule is COc1cc(C(O)c2cccc(Cl)c2Cl)ncn1. The Bertz CT molecular complexity index is 564. The molecule has 0 aliphatic rings. The molecule has 0 spiro atoms. The van der Waals surface area contributed by atoms with E-state index in [1.165, 1.54) is 13.4 Å². The van der Waals surface area contributed by atoms with Crippen LogP contribution in [0.4, 0.5) is 0 Å². The summed E-state index contributed by atoms with van der Waals surface area (Å²) in [4.78, 5) is 7.86. The van der Waals surface area contributed by atoms with E-state index in [0.717, 1.165) is 0 Å². The number of hydrogen-bond acceptors (Lipinski definition) is 4. The molecule has 4 nitrogen and oxygen atoms in total. The third-order valence-electron chi connectivity index (χ3n) is 2.43. The fourth-order valence-corrected chi connectivity index (χ4v) is 1.92. The molecule has 1 aromatic heterocycles. The zero-order chi connectivity index (χ0) is 13.1. The summed E-state index contributed by atoms with van der Waals surface area (Å²) in [6.07, 6.45) is 0.337. The number of rotatable bonds is 3. The van der Waals surface area contributed by atoms with Crippen molar-refractivity contribution in [3.05, 3.63) is 51.9 Å². The van der Waals surface area contributed by atoms with E-state index in [9.17, 15) is 5.11 Å². The highest BCUT2D eigenvalue weighted by Crippen LogP contribution is 2.32. The lowest BCUT2D eigenvalue weighted by molar-refractivity contribution is 0.214. The van der Waals surface area contributed by atoms with Gasteiger partial charge in [0.1, 0.15) is 12.4 Å². The van der Waals surface area contributed by atoms with E-state index >= 15 is 0 Å². The maximum Gasteiger partial charge on any atom is 0.216 e. The van der Waals surface area contributed by atoms with Gasteiger partial charge in [0, 0.05) is 11.6 Å². The number of halogens is 2. The van der Waals surface area contributed by atoms with Crippen molar-refractivity contribution in [3.63, 3.8) is 0 Å².